The Kier molecular flexibility index (Phi) is 5.53. The minimum atomic E-state index is 0.439. The molecule has 3 heteroatoms. The van der Waals surface area contributed by atoms with E-state index < -0.39 is 0 Å². The molecule has 0 unspecified atom stereocenters. The Morgan fingerprint density at radius 1 is 0.643 bits per heavy atom. The molecule has 0 spiro atoms. The highest BCUT2D eigenvalue weighted by Gasteiger charge is 2.03. The van der Waals surface area contributed by atoms with Gasteiger partial charge < -0.3 is 9.47 Å². The minimum Gasteiger partial charge on any atom is -0.489 e. The number of para-hydroxylation sites is 1. The van der Waals surface area contributed by atoms with Gasteiger partial charge in [0.05, 0.1) is 11.2 Å². The van der Waals surface area contributed by atoms with Crippen molar-refractivity contribution in [1.82, 2.24) is 4.98 Å². The van der Waals surface area contributed by atoms with E-state index in [9.17, 15) is 0 Å². The number of nitrogens with zero attached hydrogens (tertiary/aromatic N) is 1. The highest BCUT2D eigenvalue weighted by Crippen LogP contribution is 2.21. The van der Waals surface area contributed by atoms with Crippen molar-refractivity contribution < 1.29 is 9.47 Å². The number of fused-ring (bicyclic) bond motifs is 1. The van der Waals surface area contributed by atoms with E-state index in [1.165, 1.54) is 11.1 Å². The van der Waals surface area contributed by atoms with E-state index in [0.29, 0.717) is 13.2 Å². The molecule has 0 saturated heterocycles. The summed E-state index contributed by atoms with van der Waals surface area (Å²) in [6.07, 6.45) is 1.01. The van der Waals surface area contributed by atoms with Crippen LogP contribution >= 0.6 is 0 Å². The zero-order chi connectivity index (χ0) is 19.2. The number of aromatic nitrogens is 1. The third-order valence-electron chi connectivity index (χ3n) is 4.76. The number of aryl methyl sites for hydroxylation is 1. The van der Waals surface area contributed by atoms with Crippen molar-refractivity contribution in [2.24, 2.45) is 0 Å². The lowest BCUT2D eigenvalue weighted by molar-refractivity contribution is 0.294. The summed E-state index contributed by atoms with van der Waals surface area (Å²) in [5, 5.41) is 1.14. The molecule has 140 valence electrons. The van der Waals surface area contributed by atoms with Crippen molar-refractivity contribution in [3.8, 4) is 11.5 Å². The van der Waals surface area contributed by atoms with Crippen LogP contribution in [0.4, 0.5) is 0 Å². The Bertz CT molecular complexity index is 1060. The Balaban J connectivity index is 1.35. The molecular weight excluding hydrogens is 346 g/mol. The standard InChI is InChI=1S/C25H23NO2/c1-2-19-7-3-4-9-21(19)17-27-23-13-15-24(16-14-23)28-18-22-12-11-20-8-5-6-10-25(20)26-22/h3-16H,2,17-18H2,1H3. The van der Waals surface area contributed by atoms with Crippen LogP contribution in [-0.2, 0) is 19.6 Å². The van der Waals surface area contributed by atoms with Gasteiger partial charge in [0.2, 0.25) is 0 Å². The molecule has 0 aliphatic rings. The fourth-order valence-electron chi connectivity index (χ4n) is 3.18. The first-order valence-corrected chi connectivity index (χ1v) is 9.59. The van der Waals surface area contributed by atoms with E-state index in [4.69, 9.17) is 9.47 Å². The second kappa shape index (κ2) is 8.57. The number of benzene rings is 3. The quantitative estimate of drug-likeness (QED) is 0.403. The highest BCUT2D eigenvalue weighted by atomic mass is 16.5. The molecule has 4 aromatic rings. The number of hydrogen-bond acceptors (Lipinski definition) is 3. The van der Waals surface area contributed by atoms with Crippen molar-refractivity contribution in [3.63, 3.8) is 0 Å². The van der Waals surface area contributed by atoms with Crippen LogP contribution in [0, 0.1) is 0 Å². The van der Waals surface area contributed by atoms with Crippen molar-refractivity contribution in [1.29, 1.82) is 0 Å². The molecule has 0 aliphatic carbocycles. The summed E-state index contributed by atoms with van der Waals surface area (Å²) in [5.74, 6) is 1.64. The van der Waals surface area contributed by atoms with Gasteiger partial charge in [0, 0.05) is 5.39 Å². The van der Waals surface area contributed by atoms with Crippen LogP contribution in [0.5, 0.6) is 11.5 Å². The lowest BCUT2D eigenvalue weighted by atomic mass is 10.1. The van der Waals surface area contributed by atoms with Gasteiger partial charge in [-0.2, -0.15) is 0 Å². The first-order valence-electron chi connectivity index (χ1n) is 9.59. The van der Waals surface area contributed by atoms with Crippen LogP contribution in [0.1, 0.15) is 23.7 Å². The predicted molar refractivity (Wildman–Crippen MR) is 113 cm³/mol. The third kappa shape index (κ3) is 4.32. The van der Waals surface area contributed by atoms with E-state index in [1.807, 2.05) is 48.5 Å². The van der Waals surface area contributed by atoms with Crippen molar-refractivity contribution in [2.45, 2.75) is 26.6 Å². The average Bonchev–Trinajstić information content (AvgIpc) is 2.77. The van der Waals surface area contributed by atoms with Gasteiger partial charge in [-0.1, -0.05) is 55.5 Å². The van der Waals surface area contributed by atoms with Gasteiger partial charge in [-0.15, -0.1) is 0 Å². The Morgan fingerprint density at radius 2 is 1.29 bits per heavy atom. The van der Waals surface area contributed by atoms with E-state index in [1.54, 1.807) is 0 Å². The normalized spacial score (nSPS) is 10.8. The van der Waals surface area contributed by atoms with Gasteiger partial charge in [0.15, 0.2) is 0 Å². The summed E-state index contributed by atoms with van der Waals surface area (Å²) in [5.41, 5.74) is 4.45. The van der Waals surface area contributed by atoms with E-state index in [-0.39, 0.29) is 0 Å². The summed E-state index contributed by atoms with van der Waals surface area (Å²) in [7, 11) is 0. The topological polar surface area (TPSA) is 31.4 Å². The van der Waals surface area contributed by atoms with Gasteiger partial charge in [0.1, 0.15) is 24.7 Å². The molecular formula is C25H23NO2. The first-order chi connectivity index (χ1) is 13.8. The van der Waals surface area contributed by atoms with Crippen LogP contribution in [0.25, 0.3) is 10.9 Å². The molecule has 0 bridgehead atoms. The molecule has 0 saturated carbocycles. The van der Waals surface area contributed by atoms with E-state index in [0.717, 1.165) is 34.5 Å². The largest absolute Gasteiger partial charge is 0.489 e. The van der Waals surface area contributed by atoms with Gasteiger partial charge in [-0.25, -0.2) is 4.98 Å². The Morgan fingerprint density at radius 3 is 2.04 bits per heavy atom. The van der Waals surface area contributed by atoms with Gasteiger partial charge in [-0.3, -0.25) is 0 Å². The zero-order valence-electron chi connectivity index (χ0n) is 16.0. The first kappa shape index (κ1) is 18.1. The number of ether oxygens (including phenoxy) is 2. The summed E-state index contributed by atoms with van der Waals surface area (Å²) in [6.45, 7) is 3.18. The third-order valence-corrected chi connectivity index (χ3v) is 4.76. The molecule has 0 amide bonds. The fourth-order valence-corrected chi connectivity index (χ4v) is 3.18. The molecule has 3 nitrogen and oxygen atoms in total. The monoisotopic (exact) mass is 369 g/mol. The number of pyridine rings is 1. The second-order valence-electron chi connectivity index (χ2n) is 6.67. The maximum atomic E-state index is 5.93. The highest BCUT2D eigenvalue weighted by molar-refractivity contribution is 5.78. The zero-order valence-corrected chi connectivity index (χ0v) is 16.0. The maximum Gasteiger partial charge on any atom is 0.130 e. The molecule has 0 N–H and O–H groups in total. The van der Waals surface area contributed by atoms with Crippen molar-refractivity contribution >= 4 is 10.9 Å². The second-order valence-corrected chi connectivity index (χ2v) is 6.67. The molecule has 0 atom stereocenters. The summed E-state index contributed by atoms with van der Waals surface area (Å²) in [4.78, 5) is 4.64. The van der Waals surface area contributed by atoms with Gasteiger partial charge in [0.25, 0.3) is 0 Å². The average molecular weight is 369 g/mol. The predicted octanol–water partition coefficient (Wildman–Crippen LogP) is 5.96. The van der Waals surface area contributed by atoms with Crippen molar-refractivity contribution in [3.05, 3.63) is 102 Å². The molecule has 0 aliphatic heterocycles. The SMILES string of the molecule is CCc1ccccc1COc1ccc(OCc2ccc3ccccc3n2)cc1. The summed E-state index contributed by atoms with van der Waals surface area (Å²) < 4.78 is 11.8. The van der Waals surface area contributed by atoms with Crippen LogP contribution in [0.2, 0.25) is 0 Å². The van der Waals surface area contributed by atoms with Crippen LogP contribution in [0.15, 0.2) is 84.9 Å². The van der Waals surface area contributed by atoms with E-state index in [2.05, 4.69) is 48.3 Å². The molecule has 28 heavy (non-hydrogen) atoms. The smallest absolute Gasteiger partial charge is 0.130 e. The maximum absolute atomic E-state index is 5.93. The number of hydrogen-bond donors (Lipinski definition) is 0. The molecule has 0 radical (unpaired) electrons. The van der Waals surface area contributed by atoms with Crippen LogP contribution in [0.3, 0.4) is 0 Å². The fraction of sp³-hybridized carbons (Fsp3) is 0.160. The van der Waals surface area contributed by atoms with Crippen LogP contribution in [-0.4, -0.2) is 4.98 Å². The molecule has 1 aromatic heterocycles. The molecule has 4 rings (SSSR count). The lowest BCUT2D eigenvalue weighted by Crippen LogP contribution is -2.00. The van der Waals surface area contributed by atoms with Gasteiger partial charge in [-0.05, 0) is 53.9 Å². The summed E-state index contributed by atoms with van der Waals surface area (Å²) >= 11 is 0. The lowest BCUT2D eigenvalue weighted by Gasteiger charge is -2.11. The summed E-state index contributed by atoms with van der Waals surface area (Å²) in [6, 6.07) is 28.3. The minimum absolute atomic E-state index is 0.439. The van der Waals surface area contributed by atoms with Crippen LogP contribution < -0.4 is 9.47 Å². The van der Waals surface area contributed by atoms with E-state index >= 15 is 0 Å². The Labute approximate surface area is 165 Å². The Hall–Kier alpha value is -3.33. The molecule has 1 heterocycles. The molecule has 3 aromatic carbocycles. The van der Waals surface area contributed by atoms with Gasteiger partial charge >= 0.3 is 0 Å². The number of rotatable bonds is 7. The molecule has 0 fully saturated rings. The van der Waals surface area contributed by atoms with Crippen molar-refractivity contribution in [2.75, 3.05) is 0 Å².